The predicted molar refractivity (Wildman–Crippen MR) is 46.2 cm³/mol. The molecule has 0 unspecified atom stereocenters. The number of aliphatic hydroxyl groups excluding tert-OH is 1. The summed E-state index contributed by atoms with van der Waals surface area (Å²) in [7, 11) is 0. The summed E-state index contributed by atoms with van der Waals surface area (Å²) in [5, 5.41) is 9.65. The number of esters is 1. The van der Waals surface area contributed by atoms with Crippen molar-refractivity contribution in [1.82, 2.24) is 0 Å². The zero-order chi connectivity index (χ0) is 9.90. The molecular weight excluding hydrogens is 172 g/mol. The molecule has 0 aliphatic carbocycles. The Morgan fingerprint density at radius 1 is 1.77 bits per heavy atom. The zero-order valence-electron chi connectivity index (χ0n) is 8.08. The van der Waals surface area contributed by atoms with Crippen LogP contribution < -0.4 is 0 Å². The van der Waals surface area contributed by atoms with Gasteiger partial charge in [-0.3, -0.25) is 4.79 Å². The predicted octanol–water partition coefficient (Wildman–Crippen LogP) is 0.479. The van der Waals surface area contributed by atoms with Crippen LogP contribution in [0.4, 0.5) is 0 Å². The van der Waals surface area contributed by atoms with Gasteiger partial charge >= 0.3 is 5.97 Å². The molecule has 76 valence electrons. The molecule has 0 radical (unpaired) electrons. The van der Waals surface area contributed by atoms with Crippen molar-refractivity contribution in [1.29, 1.82) is 0 Å². The standard InChI is InChI=1S/C9H16O4/c1-7(10)12-6-8(11)9(2)4-3-5-13-9/h8,11H,3-6H2,1-2H3/t8-,9+/m1/s1. The second-order valence-electron chi connectivity index (χ2n) is 3.58. The molecule has 1 heterocycles. The van der Waals surface area contributed by atoms with E-state index in [9.17, 15) is 9.90 Å². The molecule has 0 saturated carbocycles. The van der Waals surface area contributed by atoms with Crippen LogP contribution >= 0.6 is 0 Å². The minimum absolute atomic E-state index is 0.0197. The molecule has 1 fully saturated rings. The van der Waals surface area contributed by atoms with E-state index in [1.54, 1.807) is 0 Å². The smallest absolute Gasteiger partial charge is 0.302 e. The van der Waals surface area contributed by atoms with Gasteiger partial charge in [0, 0.05) is 13.5 Å². The molecule has 4 heteroatoms. The fourth-order valence-corrected chi connectivity index (χ4v) is 1.44. The van der Waals surface area contributed by atoms with Crippen LogP contribution in [0.3, 0.4) is 0 Å². The molecule has 0 aromatic carbocycles. The maximum Gasteiger partial charge on any atom is 0.302 e. The largest absolute Gasteiger partial charge is 0.463 e. The molecule has 1 aliphatic heterocycles. The minimum atomic E-state index is -0.723. The summed E-state index contributed by atoms with van der Waals surface area (Å²) in [6, 6.07) is 0. The Kier molecular flexibility index (Phi) is 3.27. The third-order valence-electron chi connectivity index (χ3n) is 2.40. The molecule has 1 saturated heterocycles. The summed E-state index contributed by atoms with van der Waals surface area (Å²) >= 11 is 0. The monoisotopic (exact) mass is 188 g/mol. The summed E-state index contributed by atoms with van der Waals surface area (Å²) in [5.41, 5.74) is -0.532. The highest BCUT2D eigenvalue weighted by molar-refractivity contribution is 5.65. The number of rotatable bonds is 3. The Labute approximate surface area is 77.8 Å². The number of carbonyl (C=O) groups excluding carboxylic acids is 1. The van der Waals surface area contributed by atoms with Crippen molar-refractivity contribution in [3.63, 3.8) is 0 Å². The summed E-state index contributed by atoms with van der Waals surface area (Å²) in [6.07, 6.45) is 1.04. The molecule has 13 heavy (non-hydrogen) atoms. The van der Waals surface area contributed by atoms with Gasteiger partial charge in [-0.25, -0.2) is 0 Å². The normalized spacial score (nSPS) is 30.1. The van der Waals surface area contributed by atoms with E-state index in [0.29, 0.717) is 6.61 Å². The average Bonchev–Trinajstić information content (AvgIpc) is 2.49. The molecule has 1 rings (SSSR count). The molecular formula is C9H16O4. The topological polar surface area (TPSA) is 55.8 Å². The highest BCUT2D eigenvalue weighted by Crippen LogP contribution is 2.28. The molecule has 0 aromatic heterocycles. The number of ether oxygens (including phenoxy) is 2. The molecule has 0 bridgehead atoms. The Morgan fingerprint density at radius 2 is 2.46 bits per heavy atom. The number of hydrogen-bond acceptors (Lipinski definition) is 4. The van der Waals surface area contributed by atoms with E-state index < -0.39 is 11.7 Å². The lowest BCUT2D eigenvalue weighted by Gasteiger charge is -2.28. The van der Waals surface area contributed by atoms with Crippen LogP contribution in [0.25, 0.3) is 0 Å². The first-order chi connectivity index (χ1) is 6.04. The SMILES string of the molecule is CC(=O)OC[C@@H](O)[C@]1(C)CCCO1. The first-order valence-electron chi connectivity index (χ1n) is 4.50. The Morgan fingerprint density at radius 3 is 2.92 bits per heavy atom. The van der Waals surface area contributed by atoms with E-state index in [1.165, 1.54) is 6.92 Å². The molecule has 1 N–H and O–H groups in total. The van der Waals surface area contributed by atoms with Gasteiger partial charge in [0.15, 0.2) is 0 Å². The maximum absolute atomic E-state index is 10.5. The van der Waals surface area contributed by atoms with Crippen LogP contribution in [0.1, 0.15) is 26.7 Å². The van der Waals surface area contributed by atoms with Crippen LogP contribution in [0, 0.1) is 0 Å². The molecule has 0 aromatic rings. The summed E-state index contributed by atoms with van der Waals surface area (Å²) in [4.78, 5) is 10.5. The fraction of sp³-hybridized carbons (Fsp3) is 0.889. The molecule has 0 amide bonds. The third kappa shape index (κ3) is 2.67. The van der Waals surface area contributed by atoms with E-state index in [-0.39, 0.29) is 12.6 Å². The summed E-state index contributed by atoms with van der Waals surface area (Å²) < 4.78 is 10.1. The molecule has 4 nitrogen and oxygen atoms in total. The van der Waals surface area contributed by atoms with Crippen LogP contribution in [-0.2, 0) is 14.3 Å². The lowest BCUT2D eigenvalue weighted by atomic mass is 9.96. The van der Waals surface area contributed by atoms with Gasteiger partial charge in [-0.2, -0.15) is 0 Å². The van der Waals surface area contributed by atoms with Gasteiger partial charge in [0.05, 0.1) is 5.60 Å². The van der Waals surface area contributed by atoms with Gasteiger partial charge < -0.3 is 14.6 Å². The van der Waals surface area contributed by atoms with Gasteiger partial charge in [-0.1, -0.05) is 0 Å². The van der Waals surface area contributed by atoms with E-state index in [4.69, 9.17) is 9.47 Å². The van der Waals surface area contributed by atoms with E-state index in [1.807, 2.05) is 6.92 Å². The van der Waals surface area contributed by atoms with E-state index in [2.05, 4.69) is 0 Å². The highest BCUT2D eigenvalue weighted by atomic mass is 16.6. The van der Waals surface area contributed by atoms with Gasteiger partial charge in [0.1, 0.15) is 12.7 Å². The summed E-state index contributed by atoms with van der Waals surface area (Å²) in [5.74, 6) is -0.374. The maximum atomic E-state index is 10.5. The van der Waals surface area contributed by atoms with E-state index in [0.717, 1.165) is 12.8 Å². The third-order valence-corrected chi connectivity index (χ3v) is 2.40. The van der Waals surface area contributed by atoms with Crippen molar-refractivity contribution < 1.29 is 19.4 Å². The van der Waals surface area contributed by atoms with Crippen LogP contribution in [0.15, 0.2) is 0 Å². The molecule has 2 atom stereocenters. The zero-order valence-corrected chi connectivity index (χ0v) is 8.08. The lowest BCUT2D eigenvalue weighted by Crippen LogP contribution is -2.42. The fourth-order valence-electron chi connectivity index (χ4n) is 1.44. The summed E-state index contributed by atoms with van der Waals surface area (Å²) in [6.45, 7) is 3.86. The Balaban J connectivity index is 2.37. The van der Waals surface area contributed by atoms with Crippen molar-refractivity contribution in [2.75, 3.05) is 13.2 Å². The van der Waals surface area contributed by atoms with Crippen molar-refractivity contribution in [3.05, 3.63) is 0 Å². The second-order valence-corrected chi connectivity index (χ2v) is 3.58. The quantitative estimate of drug-likeness (QED) is 0.654. The van der Waals surface area contributed by atoms with Crippen LogP contribution in [-0.4, -0.2) is 36.0 Å². The first-order valence-corrected chi connectivity index (χ1v) is 4.50. The van der Waals surface area contributed by atoms with Gasteiger partial charge in [-0.15, -0.1) is 0 Å². The van der Waals surface area contributed by atoms with Crippen molar-refractivity contribution >= 4 is 5.97 Å². The number of carbonyl (C=O) groups is 1. The minimum Gasteiger partial charge on any atom is -0.463 e. The Bertz CT molecular complexity index is 184. The van der Waals surface area contributed by atoms with Crippen LogP contribution in [0.5, 0.6) is 0 Å². The number of hydrogen-bond donors (Lipinski definition) is 1. The first kappa shape index (κ1) is 10.5. The van der Waals surface area contributed by atoms with Crippen molar-refractivity contribution in [2.45, 2.75) is 38.4 Å². The van der Waals surface area contributed by atoms with E-state index >= 15 is 0 Å². The second kappa shape index (κ2) is 4.07. The van der Waals surface area contributed by atoms with Gasteiger partial charge in [0.2, 0.25) is 0 Å². The molecule has 1 aliphatic rings. The highest BCUT2D eigenvalue weighted by Gasteiger charge is 2.37. The van der Waals surface area contributed by atoms with Crippen molar-refractivity contribution in [2.24, 2.45) is 0 Å². The molecule has 0 spiro atoms. The number of aliphatic hydroxyl groups is 1. The average molecular weight is 188 g/mol. The van der Waals surface area contributed by atoms with Crippen LogP contribution in [0.2, 0.25) is 0 Å². The van der Waals surface area contributed by atoms with Gasteiger partial charge in [0.25, 0.3) is 0 Å². The Hall–Kier alpha value is -0.610. The van der Waals surface area contributed by atoms with Crippen molar-refractivity contribution in [3.8, 4) is 0 Å². The van der Waals surface area contributed by atoms with Gasteiger partial charge in [-0.05, 0) is 19.8 Å². The lowest BCUT2D eigenvalue weighted by molar-refractivity contribution is -0.152.